The van der Waals surface area contributed by atoms with E-state index >= 15 is 0 Å². The van der Waals surface area contributed by atoms with E-state index in [0.29, 0.717) is 0 Å². The fourth-order valence-electron chi connectivity index (χ4n) is 2.47. The van der Waals surface area contributed by atoms with Crippen LogP contribution in [0.2, 0.25) is 0 Å². The van der Waals surface area contributed by atoms with Crippen LogP contribution < -0.4 is 4.74 Å². The third-order valence-corrected chi connectivity index (χ3v) is 3.63. The van der Waals surface area contributed by atoms with E-state index in [-0.39, 0.29) is 6.54 Å². The standard InChI is InChI=1S/C16H24N2O3/c1-2-11-21-15-5-3-14(4-6-15)12-17-7-9-18(10-8-17)13-16(19)20/h3-6H,2,7-13H2,1H3,(H,19,20). The quantitative estimate of drug-likeness (QED) is 0.828. The Morgan fingerprint density at radius 3 is 2.33 bits per heavy atom. The average Bonchev–Trinajstić information content (AvgIpc) is 2.48. The highest BCUT2D eigenvalue weighted by Gasteiger charge is 2.18. The molecule has 0 radical (unpaired) electrons. The van der Waals surface area contributed by atoms with Gasteiger partial charge in [0.15, 0.2) is 0 Å². The lowest BCUT2D eigenvalue weighted by Crippen LogP contribution is -2.47. The second kappa shape index (κ2) is 8.00. The lowest BCUT2D eigenvalue weighted by atomic mass is 10.2. The Kier molecular flexibility index (Phi) is 6.02. The number of benzene rings is 1. The predicted octanol–water partition coefficient (Wildman–Crippen LogP) is 1.68. The van der Waals surface area contributed by atoms with Gasteiger partial charge in [0.05, 0.1) is 13.2 Å². The van der Waals surface area contributed by atoms with Gasteiger partial charge in [-0.05, 0) is 24.1 Å². The Balaban J connectivity index is 1.76. The maximum atomic E-state index is 10.7. The molecule has 1 heterocycles. The minimum absolute atomic E-state index is 0.150. The molecule has 1 N–H and O–H groups in total. The van der Waals surface area contributed by atoms with Crippen molar-refractivity contribution in [2.45, 2.75) is 19.9 Å². The van der Waals surface area contributed by atoms with Crippen molar-refractivity contribution in [3.63, 3.8) is 0 Å². The van der Waals surface area contributed by atoms with Gasteiger partial charge in [-0.2, -0.15) is 0 Å². The molecule has 0 spiro atoms. The van der Waals surface area contributed by atoms with Gasteiger partial charge in [0, 0.05) is 32.7 Å². The van der Waals surface area contributed by atoms with E-state index in [1.807, 2.05) is 17.0 Å². The molecule has 1 aliphatic heterocycles. The van der Waals surface area contributed by atoms with Crippen molar-refractivity contribution in [2.75, 3.05) is 39.3 Å². The fraction of sp³-hybridized carbons (Fsp3) is 0.562. The van der Waals surface area contributed by atoms with Crippen LogP contribution in [0, 0.1) is 0 Å². The molecule has 1 aromatic carbocycles. The monoisotopic (exact) mass is 292 g/mol. The van der Waals surface area contributed by atoms with Gasteiger partial charge >= 0.3 is 5.97 Å². The van der Waals surface area contributed by atoms with Crippen molar-refractivity contribution in [1.82, 2.24) is 9.80 Å². The molecule has 1 saturated heterocycles. The van der Waals surface area contributed by atoms with Crippen molar-refractivity contribution in [2.24, 2.45) is 0 Å². The van der Waals surface area contributed by atoms with Gasteiger partial charge in [-0.25, -0.2) is 0 Å². The Bertz CT molecular complexity index is 439. The van der Waals surface area contributed by atoms with E-state index in [9.17, 15) is 4.79 Å². The van der Waals surface area contributed by atoms with E-state index < -0.39 is 5.97 Å². The van der Waals surface area contributed by atoms with Crippen molar-refractivity contribution < 1.29 is 14.6 Å². The second-order valence-corrected chi connectivity index (χ2v) is 5.44. The van der Waals surface area contributed by atoms with Gasteiger partial charge < -0.3 is 9.84 Å². The molecule has 0 unspecified atom stereocenters. The first-order valence-corrected chi connectivity index (χ1v) is 7.55. The van der Waals surface area contributed by atoms with E-state index in [4.69, 9.17) is 9.84 Å². The summed E-state index contributed by atoms with van der Waals surface area (Å²) < 4.78 is 5.58. The maximum Gasteiger partial charge on any atom is 0.317 e. The molecule has 0 aromatic heterocycles. The van der Waals surface area contributed by atoms with Crippen molar-refractivity contribution in [3.05, 3.63) is 29.8 Å². The van der Waals surface area contributed by atoms with Crippen LogP contribution in [0.4, 0.5) is 0 Å². The lowest BCUT2D eigenvalue weighted by molar-refractivity contribution is -0.138. The summed E-state index contributed by atoms with van der Waals surface area (Å²) in [6.45, 7) is 7.40. The topological polar surface area (TPSA) is 53.0 Å². The predicted molar refractivity (Wildman–Crippen MR) is 81.6 cm³/mol. The molecule has 1 fully saturated rings. The van der Waals surface area contributed by atoms with Crippen molar-refractivity contribution >= 4 is 5.97 Å². The maximum absolute atomic E-state index is 10.7. The van der Waals surface area contributed by atoms with Crippen LogP contribution in [0.1, 0.15) is 18.9 Å². The van der Waals surface area contributed by atoms with Gasteiger partial charge in [-0.1, -0.05) is 19.1 Å². The molecule has 2 rings (SSSR count). The molecule has 1 aliphatic rings. The SMILES string of the molecule is CCCOc1ccc(CN2CCN(CC(=O)O)CC2)cc1. The van der Waals surface area contributed by atoms with Crippen molar-refractivity contribution in [3.8, 4) is 5.75 Å². The first-order valence-electron chi connectivity index (χ1n) is 7.55. The fourth-order valence-corrected chi connectivity index (χ4v) is 2.47. The molecule has 0 aliphatic carbocycles. The highest BCUT2D eigenvalue weighted by molar-refractivity contribution is 5.69. The van der Waals surface area contributed by atoms with E-state index in [1.54, 1.807) is 0 Å². The minimum atomic E-state index is -0.744. The summed E-state index contributed by atoms with van der Waals surface area (Å²) in [5.74, 6) is 0.179. The number of piperazine rings is 1. The first-order chi connectivity index (χ1) is 10.2. The second-order valence-electron chi connectivity index (χ2n) is 5.44. The van der Waals surface area contributed by atoms with E-state index in [0.717, 1.165) is 51.5 Å². The van der Waals surface area contributed by atoms with Crippen LogP contribution in [-0.2, 0) is 11.3 Å². The van der Waals surface area contributed by atoms with E-state index in [2.05, 4.69) is 24.0 Å². The molecule has 5 nitrogen and oxygen atoms in total. The number of carboxylic acids is 1. The van der Waals surface area contributed by atoms with Crippen LogP contribution in [-0.4, -0.2) is 60.2 Å². The Labute approximate surface area is 126 Å². The molecule has 0 bridgehead atoms. The number of rotatable bonds is 7. The molecule has 0 amide bonds. The number of hydrogen-bond acceptors (Lipinski definition) is 4. The summed E-state index contributed by atoms with van der Waals surface area (Å²) in [7, 11) is 0. The number of aliphatic carboxylic acids is 1. The van der Waals surface area contributed by atoms with Crippen molar-refractivity contribution in [1.29, 1.82) is 0 Å². The minimum Gasteiger partial charge on any atom is -0.494 e. The molecular weight excluding hydrogens is 268 g/mol. The smallest absolute Gasteiger partial charge is 0.317 e. The highest BCUT2D eigenvalue weighted by Crippen LogP contribution is 2.15. The summed E-state index contributed by atoms with van der Waals surface area (Å²) in [6.07, 6.45) is 1.02. The summed E-state index contributed by atoms with van der Waals surface area (Å²) in [6, 6.07) is 8.25. The van der Waals surface area contributed by atoms with E-state index in [1.165, 1.54) is 5.56 Å². The summed E-state index contributed by atoms with van der Waals surface area (Å²) in [4.78, 5) is 15.0. The van der Waals surface area contributed by atoms with Crippen LogP contribution in [0.15, 0.2) is 24.3 Å². The number of ether oxygens (including phenoxy) is 1. The van der Waals surface area contributed by atoms with Crippen LogP contribution in [0.25, 0.3) is 0 Å². The van der Waals surface area contributed by atoms with Gasteiger partial charge in [0.25, 0.3) is 0 Å². The Hall–Kier alpha value is -1.59. The first kappa shape index (κ1) is 15.8. The molecule has 116 valence electrons. The zero-order chi connectivity index (χ0) is 15.1. The number of nitrogens with zero attached hydrogens (tertiary/aromatic N) is 2. The third kappa shape index (κ3) is 5.36. The largest absolute Gasteiger partial charge is 0.494 e. The van der Waals surface area contributed by atoms with Gasteiger partial charge in [-0.3, -0.25) is 14.6 Å². The number of hydrogen-bond donors (Lipinski definition) is 1. The van der Waals surface area contributed by atoms with Gasteiger partial charge in [-0.15, -0.1) is 0 Å². The number of carbonyl (C=O) groups is 1. The normalized spacial score (nSPS) is 16.8. The molecule has 5 heteroatoms. The molecule has 0 saturated carbocycles. The summed E-state index contributed by atoms with van der Waals surface area (Å²) >= 11 is 0. The Morgan fingerprint density at radius 2 is 1.76 bits per heavy atom. The molecule has 21 heavy (non-hydrogen) atoms. The Morgan fingerprint density at radius 1 is 1.14 bits per heavy atom. The van der Waals surface area contributed by atoms with Gasteiger partial charge in [0.2, 0.25) is 0 Å². The highest BCUT2D eigenvalue weighted by atomic mass is 16.5. The molecule has 0 atom stereocenters. The summed E-state index contributed by atoms with van der Waals surface area (Å²) in [5, 5.41) is 8.79. The third-order valence-electron chi connectivity index (χ3n) is 3.63. The van der Waals surface area contributed by atoms with Crippen LogP contribution in [0.5, 0.6) is 5.75 Å². The van der Waals surface area contributed by atoms with Crippen LogP contribution in [0.3, 0.4) is 0 Å². The van der Waals surface area contributed by atoms with Gasteiger partial charge in [0.1, 0.15) is 5.75 Å². The molecular formula is C16H24N2O3. The zero-order valence-electron chi connectivity index (χ0n) is 12.6. The lowest BCUT2D eigenvalue weighted by Gasteiger charge is -2.33. The summed E-state index contributed by atoms with van der Waals surface area (Å²) in [5.41, 5.74) is 1.27. The molecule has 1 aromatic rings. The number of carboxylic acid groups (broad SMARTS) is 1. The average molecular weight is 292 g/mol. The van der Waals surface area contributed by atoms with Crippen LogP contribution >= 0.6 is 0 Å². The zero-order valence-corrected chi connectivity index (χ0v) is 12.6.